The molecule has 0 spiro atoms. The Bertz CT molecular complexity index is 734. The third-order valence-corrected chi connectivity index (χ3v) is 4.89. The van der Waals surface area contributed by atoms with Crippen LogP contribution in [0.1, 0.15) is 36.2 Å². The minimum absolute atomic E-state index is 0.243. The molecule has 2 aromatic rings. The molecular formula is C13H15N3O3S. The first kappa shape index (κ1) is 13.2. The summed E-state index contributed by atoms with van der Waals surface area (Å²) in [5.41, 5.74) is 0.856. The quantitative estimate of drug-likeness (QED) is 0.784. The van der Waals surface area contributed by atoms with Gasteiger partial charge in [-0.25, -0.2) is 4.79 Å². The van der Waals surface area contributed by atoms with Gasteiger partial charge >= 0.3 is 5.97 Å². The van der Waals surface area contributed by atoms with Gasteiger partial charge in [0.25, 0.3) is 5.56 Å². The minimum Gasteiger partial charge on any atom is -0.467 e. The largest absolute Gasteiger partial charge is 0.467 e. The lowest BCUT2D eigenvalue weighted by Crippen LogP contribution is -2.32. The van der Waals surface area contributed by atoms with Gasteiger partial charge < -0.3 is 4.74 Å². The number of rotatable bonds is 2. The number of fused-ring (bicyclic) bond motifs is 3. The number of hydrogen-bond acceptors (Lipinski definition) is 6. The Labute approximate surface area is 119 Å². The molecule has 0 aromatic carbocycles. The second-order valence-corrected chi connectivity index (χ2v) is 6.01. The van der Waals surface area contributed by atoms with Crippen molar-refractivity contribution in [3.8, 4) is 0 Å². The van der Waals surface area contributed by atoms with E-state index in [0.29, 0.717) is 10.2 Å². The van der Waals surface area contributed by atoms with Gasteiger partial charge in [0.1, 0.15) is 0 Å². The number of ether oxygens (including phenoxy) is 1. The summed E-state index contributed by atoms with van der Waals surface area (Å²) < 4.78 is 5.78. The fraction of sp³-hybridized carbons (Fsp3) is 0.538. The highest BCUT2D eigenvalue weighted by atomic mass is 32.1. The first-order valence-corrected chi connectivity index (χ1v) is 7.42. The van der Waals surface area contributed by atoms with Gasteiger partial charge in [0, 0.05) is 4.88 Å². The zero-order chi connectivity index (χ0) is 14.3. The number of methoxy groups -OCH3 is 1. The van der Waals surface area contributed by atoms with E-state index in [4.69, 9.17) is 0 Å². The maximum atomic E-state index is 12.6. The molecule has 1 aliphatic rings. The summed E-state index contributed by atoms with van der Waals surface area (Å²) in [6, 6.07) is -0.761. The normalized spacial score (nSPS) is 15.9. The van der Waals surface area contributed by atoms with E-state index in [0.717, 1.165) is 35.9 Å². The summed E-state index contributed by atoms with van der Waals surface area (Å²) >= 11 is 1.55. The van der Waals surface area contributed by atoms with Gasteiger partial charge in [-0.1, -0.05) is 5.21 Å². The Balaban J connectivity index is 2.20. The van der Waals surface area contributed by atoms with Crippen LogP contribution in [-0.4, -0.2) is 28.1 Å². The van der Waals surface area contributed by atoms with E-state index in [-0.39, 0.29) is 5.56 Å². The first-order chi connectivity index (χ1) is 9.63. The predicted molar refractivity (Wildman–Crippen MR) is 75.0 cm³/mol. The number of aryl methyl sites for hydroxylation is 2. The Hall–Kier alpha value is -1.76. The SMILES string of the molecule is COC(=O)[C@H](C)n1nnc2sc3c(c2c1=O)CCCC3. The second-order valence-electron chi connectivity index (χ2n) is 4.93. The third kappa shape index (κ3) is 1.93. The van der Waals surface area contributed by atoms with Crippen LogP contribution in [0.3, 0.4) is 0 Å². The van der Waals surface area contributed by atoms with Crippen LogP contribution in [0.15, 0.2) is 4.79 Å². The molecule has 0 N–H and O–H groups in total. The van der Waals surface area contributed by atoms with E-state index in [9.17, 15) is 9.59 Å². The third-order valence-electron chi connectivity index (χ3n) is 3.72. The van der Waals surface area contributed by atoms with Gasteiger partial charge in [0.2, 0.25) is 0 Å². The van der Waals surface area contributed by atoms with E-state index in [2.05, 4.69) is 15.0 Å². The molecular weight excluding hydrogens is 278 g/mol. The van der Waals surface area contributed by atoms with Crippen LogP contribution in [0, 0.1) is 0 Å². The van der Waals surface area contributed by atoms with Crippen LogP contribution < -0.4 is 5.56 Å². The number of hydrogen-bond donors (Lipinski definition) is 0. The topological polar surface area (TPSA) is 74.1 Å². The van der Waals surface area contributed by atoms with Crippen molar-refractivity contribution in [3.63, 3.8) is 0 Å². The number of carbonyl (C=O) groups is 1. The summed E-state index contributed by atoms with van der Waals surface area (Å²) in [4.78, 5) is 26.1. The maximum Gasteiger partial charge on any atom is 0.330 e. The Morgan fingerprint density at radius 1 is 1.40 bits per heavy atom. The van der Waals surface area contributed by atoms with E-state index < -0.39 is 12.0 Å². The molecule has 2 heterocycles. The van der Waals surface area contributed by atoms with E-state index in [1.165, 1.54) is 12.0 Å². The lowest BCUT2D eigenvalue weighted by molar-refractivity contribution is -0.144. The van der Waals surface area contributed by atoms with Crippen LogP contribution in [0.4, 0.5) is 0 Å². The van der Waals surface area contributed by atoms with Crippen molar-refractivity contribution in [1.29, 1.82) is 0 Å². The number of carbonyl (C=O) groups excluding carboxylic acids is 1. The van der Waals surface area contributed by atoms with Crippen LogP contribution in [0.2, 0.25) is 0 Å². The smallest absolute Gasteiger partial charge is 0.330 e. The molecule has 0 amide bonds. The molecule has 1 aliphatic carbocycles. The molecule has 0 aliphatic heterocycles. The lowest BCUT2D eigenvalue weighted by Gasteiger charge is -2.12. The lowest BCUT2D eigenvalue weighted by atomic mass is 9.97. The van der Waals surface area contributed by atoms with Crippen molar-refractivity contribution in [1.82, 2.24) is 15.0 Å². The maximum absolute atomic E-state index is 12.6. The molecule has 3 rings (SSSR count). The first-order valence-electron chi connectivity index (χ1n) is 6.61. The van der Waals surface area contributed by atoms with Gasteiger partial charge in [-0.3, -0.25) is 4.79 Å². The molecule has 6 nitrogen and oxygen atoms in total. The van der Waals surface area contributed by atoms with Crippen LogP contribution >= 0.6 is 11.3 Å². The monoisotopic (exact) mass is 293 g/mol. The van der Waals surface area contributed by atoms with Crippen LogP contribution in [0.25, 0.3) is 10.2 Å². The standard InChI is InChI=1S/C13H15N3O3S/c1-7(13(18)19-2)16-12(17)10-8-5-3-4-6-9(8)20-11(10)14-15-16/h7H,3-6H2,1-2H3/t7-/m0/s1. The molecule has 0 saturated carbocycles. The molecule has 106 valence electrons. The Morgan fingerprint density at radius 3 is 2.90 bits per heavy atom. The van der Waals surface area contributed by atoms with Crippen LogP contribution in [0.5, 0.6) is 0 Å². The van der Waals surface area contributed by atoms with Gasteiger partial charge in [0.15, 0.2) is 10.9 Å². The average Bonchev–Trinajstić information content (AvgIpc) is 2.85. The molecule has 0 unspecified atom stereocenters. The van der Waals surface area contributed by atoms with Crippen molar-refractivity contribution in [2.45, 2.75) is 38.6 Å². The molecule has 1 atom stereocenters. The van der Waals surface area contributed by atoms with Crippen molar-refractivity contribution in [2.75, 3.05) is 7.11 Å². The number of nitrogens with zero attached hydrogens (tertiary/aromatic N) is 3. The van der Waals surface area contributed by atoms with Crippen molar-refractivity contribution >= 4 is 27.5 Å². The van der Waals surface area contributed by atoms with Crippen molar-refractivity contribution in [2.24, 2.45) is 0 Å². The number of thiophene rings is 1. The van der Waals surface area contributed by atoms with Gasteiger partial charge in [-0.15, -0.1) is 16.4 Å². The minimum atomic E-state index is -0.761. The average molecular weight is 293 g/mol. The summed E-state index contributed by atoms with van der Waals surface area (Å²) in [7, 11) is 1.29. The Morgan fingerprint density at radius 2 is 2.15 bits per heavy atom. The zero-order valence-corrected chi connectivity index (χ0v) is 12.2. The summed E-state index contributed by atoms with van der Waals surface area (Å²) in [6.45, 7) is 1.59. The molecule has 0 saturated heterocycles. The molecule has 0 radical (unpaired) electrons. The van der Waals surface area contributed by atoms with Gasteiger partial charge in [-0.05, 0) is 38.2 Å². The number of esters is 1. The highest BCUT2D eigenvalue weighted by Gasteiger charge is 2.24. The molecule has 7 heteroatoms. The Kier molecular flexibility index (Phi) is 3.29. The van der Waals surface area contributed by atoms with Gasteiger partial charge in [0.05, 0.1) is 12.5 Å². The van der Waals surface area contributed by atoms with E-state index in [1.54, 1.807) is 18.3 Å². The van der Waals surface area contributed by atoms with E-state index >= 15 is 0 Å². The van der Waals surface area contributed by atoms with Crippen molar-refractivity contribution in [3.05, 3.63) is 20.8 Å². The predicted octanol–water partition coefficient (Wildman–Crippen LogP) is 1.47. The van der Waals surface area contributed by atoms with Crippen LogP contribution in [-0.2, 0) is 22.4 Å². The summed E-state index contributed by atoms with van der Waals surface area (Å²) in [5, 5.41) is 8.63. The van der Waals surface area contributed by atoms with E-state index in [1.807, 2.05) is 0 Å². The molecule has 0 bridgehead atoms. The fourth-order valence-electron chi connectivity index (χ4n) is 2.61. The highest BCUT2D eigenvalue weighted by Crippen LogP contribution is 2.33. The fourth-order valence-corrected chi connectivity index (χ4v) is 3.81. The number of aromatic nitrogens is 3. The molecule has 0 fully saturated rings. The zero-order valence-electron chi connectivity index (χ0n) is 11.4. The summed E-state index contributed by atoms with van der Waals surface area (Å²) in [6.07, 6.45) is 4.15. The molecule has 20 heavy (non-hydrogen) atoms. The second kappa shape index (κ2) is 4.97. The molecule has 2 aromatic heterocycles. The highest BCUT2D eigenvalue weighted by molar-refractivity contribution is 7.18. The van der Waals surface area contributed by atoms with Gasteiger partial charge in [-0.2, -0.15) is 4.68 Å². The van der Waals surface area contributed by atoms with Crippen molar-refractivity contribution < 1.29 is 9.53 Å². The summed E-state index contributed by atoms with van der Waals surface area (Å²) in [5.74, 6) is -0.496.